The van der Waals surface area contributed by atoms with E-state index in [1.54, 1.807) is 6.26 Å². The zero-order valence-electron chi connectivity index (χ0n) is 17.5. The number of carbonyl (C=O) groups excluding carboxylic acids is 1. The quantitative estimate of drug-likeness (QED) is 0.556. The van der Waals surface area contributed by atoms with Gasteiger partial charge in [-0.25, -0.2) is 0 Å². The number of likely N-dealkylation sites (tertiary alicyclic amines) is 1. The molecule has 156 valence electrons. The van der Waals surface area contributed by atoms with Crippen molar-refractivity contribution in [3.05, 3.63) is 24.2 Å². The first-order chi connectivity index (χ1) is 13.6. The normalized spacial score (nSPS) is 21.3. The molecule has 2 fully saturated rings. The number of nitrogens with zero attached hydrogens (tertiary/aromatic N) is 2. The van der Waals surface area contributed by atoms with Crippen LogP contribution in [0.15, 0.2) is 27.8 Å². The lowest BCUT2D eigenvalue weighted by molar-refractivity contribution is -0.135. The molecule has 28 heavy (non-hydrogen) atoms. The minimum absolute atomic E-state index is 0.257. The molecular formula is C22H36N4O2. The molecule has 1 aromatic rings. The average Bonchev–Trinajstić information content (AvgIpc) is 3.38. The highest BCUT2D eigenvalue weighted by Gasteiger charge is 2.31. The van der Waals surface area contributed by atoms with E-state index in [1.165, 1.54) is 19.3 Å². The Morgan fingerprint density at radius 3 is 2.82 bits per heavy atom. The minimum Gasteiger partial charge on any atom is -0.469 e. The monoisotopic (exact) mass is 388 g/mol. The molecular weight excluding hydrogens is 352 g/mol. The van der Waals surface area contributed by atoms with Gasteiger partial charge in [-0.2, -0.15) is 0 Å². The summed E-state index contributed by atoms with van der Waals surface area (Å²) in [7, 11) is 0. The number of nitrogens with one attached hydrogen (secondary N) is 2. The molecule has 3 rings (SSSR count). The van der Waals surface area contributed by atoms with E-state index in [9.17, 15) is 4.79 Å². The summed E-state index contributed by atoms with van der Waals surface area (Å²) in [5, 5.41) is 6.98. The molecule has 1 aliphatic heterocycles. The van der Waals surface area contributed by atoms with Crippen LogP contribution in [0.2, 0.25) is 0 Å². The minimum atomic E-state index is 0.257. The van der Waals surface area contributed by atoms with Crippen LogP contribution in [-0.2, 0) is 11.2 Å². The van der Waals surface area contributed by atoms with E-state index in [2.05, 4.69) is 29.4 Å². The Kier molecular flexibility index (Phi) is 7.80. The molecule has 6 nitrogen and oxygen atoms in total. The molecule has 0 bridgehead atoms. The van der Waals surface area contributed by atoms with Crippen LogP contribution in [0.5, 0.6) is 0 Å². The van der Waals surface area contributed by atoms with Crippen LogP contribution in [0, 0.1) is 11.8 Å². The first-order valence-corrected chi connectivity index (χ1v) is 11.0. The van der Waals surface area contributed by atoms with Crippen molar-refractivity contribution in [3.8, 4) is 0 Å². The molecule has 0 aromatic carbocycles. The predicted molar refractivity (Wildman–Crippen MR) is 112 cm³/mol. The summed E-state index contributed by atoms with van der Waals surface area (Å²) in [6, 6.07) is 4.18. The van der Waals surface area contributed by atoms with E-state index in [-0.39, 0.29) is 12.0 Å². The molecule has 1 saturated heterocycles. The summed E-state index contributed by atoms with van der Waals surface area (Å²) in [5.41, 5.74) is 0. The molecule has 2 N–H and O–H groups in total. The van der Waals surface area contributed by atoms with Gasteiger partial charge in [-0.05, 0) is 37.3 Å². The van der Waals surface area contributed by atoms with Crippen LogP contribution in [0.4, 0.5) is 0 Å². The lowest BCUT2D eigenvalue weighted by Gasteiger charge is -2.26. The average molecular weight is 389 g/mol. The van der Waals surface area contributed by atoms with Crippen molar-refractivity contribution in [2.75, 3.05) is 26.2 Å². The molecule has 0 radical (unpaired) electrons. The van der Waals surface area contributed by atoms with Gasteiger partial charge in [-0.1, -0.05) is 33.1 Å². The maximum Gasteiger partial charge on any atom is 0.225 e. The van der Waals surface area contributed by atoms with Crippen LogP contribution in [0.25, 0.3) is 0 Å². The summed E-state index contributed by atoms with van der Waals surface area (Å²) in [6.07, 6.45) is 9.36. The lowest BCUT2D eigenvalue weighted by atomic mass is 9.88. The maximum absolute atomic E-state index is 12.8. The number of hydrogen-bond acceptors (Lipinski definition) is 3. The highest BCUT2D eigenvalue weighted by atomic mass is 16.3. The van der Waals surface area contributed by atoms with Gasteiger partial charge in [0.25, 0.3) is 0 Å². The smallest absolute Gasteiger partial charge is 0.225 e. The van der Waals surface area contributed by atoms with Gasteiger partial charge in [0.1, 0.15) is 5.76 Å². The van der Waals surface area contributed by atoms with Gasteiger partial charge in [-0.3, -0.25) is 9.79 Å². The Bertz CT molecular complexity index is 620. The third-order valence-electron chi connectivity index (χ3n) is 5.65. The van der Waals surface area contributed by atoms with Gasteiger partial charge in [0.15, 0.2) is 5.96 Å². The van der Waals surface area contributed by atoms with Crippen molar-refractivity contribution in [2.45, 2.75) is 64.8 Å². The summed E-state index contributed by atoms with van der Waals surface area (Å²) >= 11 is 0. The van der Waals surface area contributed by atoms with E-state index >= 15 is 0 Å². The maximum atomic E-state index is 12.8. The Morgan fingerprint density at radius 1 is 1.29 bits per heavy atom. The Balaban J connectivity index is 1.48. The van der Waals surface area contributed by atoms with Crippen LogP contribution in [-0.4, -0.2) is 49.0 Å². The molecule has 1 aromatic heterocycles. The number of hydrogen-bond donors (Lipinski definition) is 2. The number of furan rings is 1. The summed E-state index contributed by atoms with van der Waals surface area (Å²) in [4.78, 5) is 19.6. The Morgan fingerprint density at radius 2 is 2.11 bits per heavy atom. The second kappa shape index (κ2) is 10.5. The predicted octanol–water partition coefficient (Wildman–Crippen LogP) is 3.19. The fraction of sp³-hybridized carbons (Fsp3) is 0.727. The van der Waals surface area contributed by atoms with Crippen LogP contribution in [0.1, 0.15) is 58.1 Å². The van der Waals surface area contributed by atoms with Crippen molar-refractivity contribution in [2.24, 2.45) is 16.8 Å². The molecule has 1 atom stereocenters. The van der Waals surface area contributed by atoms with Crippen LogP contribution < -0.4 is 10.6 Å². The molecule has 1 amide bonds. The van der Waals surface area contributed by atoms with Crippen molar-refractivity contribution >= 4 is 11.9 Å². The molecule has 1 aliphatic carbocycles. The van der Waals surface area contributed by atoms with Crippen LogP contribution >= 0.6 is 0 Å². The first-order valence-electron chi connectivity index (χ1n) is 11.0. The molecule has 1 saturated carbocycles. The second-order valence-corrected chi connectivity index (χ2v) is 8.59. The molecule has 6 heteroatoms. The van der Waals surface area contributed by atoms with Gasteiger partial charge < -0.3 is 20.0 Å². The van der Waals surface area contributed by atoms with Gasteiger partial charge >= 0.3 is 0 Å². The highest BCUT2D eigenvalue weighted by Crippen LogP contribution is 2.26. The molecule has 0 spiro atoms. The number of amides is 1. The second-order valence-electron chi connectivity index (χ2n) is 8.59. The zero-order valence-corrected chi connectivity index (χ0v) is 17.5. The zero-order chi connectivity index (χ0) is 19.8. The lowest BCUT2D eigenvalue weighted by Crippen LogP contribution is -2.46. The number of guanidine groups is 1. The van der Waals surface area contributed by atoms with Crippen LogP contribution in [0.3, 0.4) is 0 Å². The third-order valence-corrected chi connectivity index (χ3v) is 5.65. The van der Waals surface area contributed by atoms with Gasteiger partial charge in [0.2, 0.25) is 5.91 Å². The SMILES string of the molecule is CC(C)CN=C(NCCc1ccco1)NC1CCN(C(=O)C2CCCCC2)C1. The van der Waals surface area contributed by atoms with E-state index in [0.717, 1.165) is 63.6 Å². The fourth-order valence-electron chi connectivity index (χ4n) is 4.06. The third kappa shape index (κ3) is 6.28. The largest absolute Gasteiger partial charge is 0.469 e. The number of aliphatic imine (C=N–C) groups is 1. The van der Waals surface area contributed by atoms with E-state index in [0.29, 0.717) is 11.8 Å². The number of carbonyl (C=O) groups is 1. The topological polar surface area (TPSA) is 69.9 Å². The van der Waals surface area contributed by atoms with E-state index in [4.69, 9.17) is 9.41 Å². The summed E-state index contributed by atoms with van der Waals surface area (Å²) < 4.78 is 5.40. The number of rotatable bonds is 7. The van der Waals surface area contributed by atoms with Crippen molar-refractivity contribution in [3.63, 3.8) is 0 Å². The molecule has 2 heterocycles. The van der Waals surface area contributed by atoms with Gasteiger partial charge in [0, 0.05) is 44.6 Å². The van der Waals surface area contributed by atoms with Gasteiger partial charge in [-0.15, -0.1) is 0 Å². The summed E-state index contributed by atoms with van der Waals surface area (Å²) in [5.74, 6) is 2.96. The first kappa shape index (κ1) is 20.7. The van der Waals surface area contributed by atoms with Crippen molar-refractivity contribution in [1.82, 2.24) is 15.5 Å². The molecule has 1 unspecified atom stereocenters. The molecule has 2 aliphatic rings. The fourth-order valence-corrected chi connectivity index (χ4v) is 4.06. The Labute approximate surface area is 169 Å². The van der Waals surface area contributed by atoms with E-state index in [1.807, 2.05) is 12.1 Å². The standard InChI is InChI=1S/C22H36N4O2/c1-17(2)15-24-22(23-12-10-20-9-6-14-28-20)25-19-11-13-26(16-19)21(27)18-7-4-3-5-8-18/h6,9,14,17-19H,3-5,7-8,10-13,15-16H2,1-2H3,(H2,23,24,25). The summed E-state index contributed by atoms with van der Waals surface area (Å²) in [6.45, 7) is 7.55. The Hall–Kier alpha value is -1.98. The van der Waals surface area contributed by atoms with E-state index < -0.39 is 0 Å². The van der Waals surface area contributed by atoms with Gasteiger partial charge in [0.05, 0.1) is 6.26 Å². The highest BCUT2D eigenvalue weighted by molar-refractivity contribution is 5.81. The van der Waals surface area contributed by atoms with Crippen molar-refractivity contribution in [1.29, 1.82) is 0 Å². The van der Waals surface area contributed by atoms with Crippen molar-refractivity contribution < 1.29 is 9.21 Å².